The summed E-state index contributed by atoms with van der Waals surface area (Å²) in [6, 6.07) is 25.7. The standard InChI is InChI=1S/C23H17F3N4O.C21H22N4O3S/c1-14-19(11-16-4-3-9-28-21(16)30-14)22(31)29-12-15-6-7-18(17-5-2-8-27-13-17)20(10-15)23(24,25)26;1-15-19(13-17-3-2-8-22-20(17)24-15)21(26)23-14-16-4-6-18(7-5-16)25-9-11-29(27,28)12-10-25/h2-11,13H,12H2,1H3,(H,29,31);2-8,13H,9-12,14H2,1H3,(H,23,26). The Bertz CT molecular complexity index is 2790. The van der Waals surface area contributed by atoms with Gasteiger partial charge in [-0.1, -0.05) is 30.3 Å². The molecule has 60 heavy (non-hydrogen) atoms. The monoisotopic (exact) mass is 832 g/mol. The number of aryl methyl sites for hydroxylation is 2. The second kappa shape index (κ2) is 17.6. The summed E-state index contributed by atoms with van der Waals surface area (Å²) in [4.78, 5) is 48.3. The van der Waals surface area contributed by atoms with E-state index < -0.39 is 27.5 Å². The fourth-order valence-corrected chi connectivity index (χ4v) is 7.91. The molecule has 2 N–H and O–H groups in total. The maximum atomic E-state index is 13.7. The second-order valence-corrected chi connectivity index (χ2v) is 16.4. The molecule has 1 aliphatic rings. The summed E-state index contributed by atoms with van der Waals surface area (Å²) in [5.41, 5.74) is 5.12. The Morgan fingerprint density at radius 3 is 1.77 bits per heavy atom. The Labute approximate surface area is 343 Å². The maximum Gasteiger partial charge on any atom is 0.417 e. The molecular formula is C44H39F3N8O4S. The topological polar surface area (TPSA) is 160 Å². The van der Waals surface area contributed by atoms with Crippen LogP contribution in [0.25, 0.3) is 33.2 Å². The summed E-state index contributed by atoms with van der Waals surface area (Å²) in [6.07, 6.45) is 1.64. The van der Waals surface area contributed by atoms with E-state index in [9.17, 15) is 31.2 Å². The van der Waals surface area contributed by atoms with Gasteiger partial charge in [-0.3, -0.25) is 14.6 Å². The lowest BCUT2D eigenvalue weighted by Crippen LogP contribution is -2.40. The van der Waals surface area contributed by atoms with Crippen molar-refractivity contribution >= 4 is 49.4 Å². The van der Waals surface area contributed by atoms with E-state index in [-0.39, 0.29) is 29.5 Å². The Morgan fingerprint density at radius 2 is 1.23 bits per heavy atom. The van der Waals surface area contributed by atoms with E-state index in [1.54, 1.807) is 62.6 Å². The molecule has 0 unspecified atom stereocenters. The maximum absolute atomic E-state index is 13.7. The van der Waals surface area contributed by atoms with Crippen LogP contribution in [0.4, 0.5) is 18.9 Å². The number of benzene rings is 2. The molecule has 16 heteroatoms. The van der Waals surface area contributed by atoms with Gasteiger partial charge < -0.3 is 15.5 Å². The minimum Gasteiger partial charge on any atom is -0.369 e. The fourth-order valence-electron chi connectivity index (χ4n) is 6.71. The Kier molecular flexibility index (Phi) is 12.1. The highest BCUT2D eigenvalue weighted by Gasteiger charge is 2.34. The van der Waals surface area contributed by atoms with Crippen molar-refractivity contribution in [2.24, 2.45) is 0 Å². The first-order valence-electron chi connectivity index (χ1n) is 18.9. The normalized spacial score (nSPS) is 13.7. The molecule has 12 nitrogen and oxygen atoms in total. The van der Waals surface area contributed by atoms with E-state index >= 15 is 0 Å². The first-order valence-corrected chi connectivity index (χ1v) is 20.7. The number of nitrogens with zero attached hydrogens (tertiary/aromatic N) is 6. The molecule has 0 spiro atoms. The van der Waals surface area contributed by atoms with E-state index in [2.05, 4.69) is 40.5 Å². The zero-order valence-electron chi connectivity index (χ0n) is 32.6. The summed E-state index contributed by atoms with van der Waals surface area (Å²) in [5.74, 6) is -0.203. The van der Waals surface area contributed by atoms with E-state index in [0.717, 1.165) is 22.7 Å². The number of amides is 2. The number of nitrogens with one attached hydrogen (secondary N) is 2. The van der Waals surface area contributed by atoms with Crippen molar-refractivity contribution in [3.05, 3.63) is 155 Å². The second-order valence-electron chi connectivity index (χ2n) is 14.1. The number of anilines is 1. The van der Waals surface area contributed by atoms with Crippen molar-refractivity contribution in [3.8, 4) is 11.1 Å². The average Bonchev–Trinajstić information content (AvgIpc) is 3.24. The number of hydrogen-bond acceptors (Lipinski definition) is 10. The summed E-state index contributed by atoms with van der Waals surface area (Å²) in [7, 11) is -2.89. The Balaban J connectivity index is 0.000000182. The number of fused-ring (bicyclic) bond motifs is 2. The van der Waals surface area contributed by atoms with Crippen LogP contribution in [-0.4, -0.2) is 69.7 Å². The highest BCUT2D eigenvalue weighted by atomic mass is 32.2. The van der Waals surface area contributed by atoms with Crippen molar-refractivity contribution in [2.45, 2.75) is 33.1 Å². The molecule has 0 atom stereocenters. The predicted molar refractivity (Wildman–Crippen MR) is 223 cm³/mol. The molecule has 8 rings (SSSR count). The summed E-state index contributed by atoms with van der Waals surface area (Å²) >= 11 is 0. The molecule has 5 aromatic heterocycles. The highest BCUT2D eigenvalue weighted by molar-refractivity contribution is 7.91. The first kappa shape index (κ1) is 41.4. The molecule has 1 aliphatic heterocycles. The van der Waals surface area contributed by atoms with Gasteiger partial charge in [-0.2, -0.15) is 13.2 Å². The third-order valence-electron chi connectivity index (χ3n) is 9.96. The Morgan fingerprint density at radius 1 is 0.700 bits per heavy atom. The van der Waals surface area contributed by atoms with E-state index in [1.807, 2.05) is 42.5 Å². The van der Waals surface area contributed by atoms with Gasteiger partial charge in [-0.15, -0.1) is 0 Å². The SMILES string of the molecule is Cc1nc2ncccc2cc1C(=O)NCc1ccc(-c2cccnc2)c(C(F)(F)F)c1.Cc1nc2ncccc2cc1C(=O)NCc1ccc(N2CCS(=O)(=O)CC2)cc1. The molecule has 2 aromatic carbocycles. The lowest BCUT2D eigenvalue weighted by molar-refractivity contribution is -0.137. The third kappa shape index (κ3) is 9.89. The van der Waals surface area contributed by atoms with Crippen LogP contribution < -0.4 is 15.5 Å². The van der Waals surface area contributed by atoms with Gasteiger partial charge in [0.05, 0.1) is 39.6 Å². The summed E-state index contributed by atoms with van der Waals surface area (Å²) in [6.45, 7) is 4.87. The minimum atomic E-state index is -4.54. The largest absolute Gasteiger partial charge is 0.417 e. The highest BCUT2D eigenvalue weighted by Crippen LogP contribution is 2.37. The molecule has 6 heterocycles. The Hall–Kier alpha value is -6.81. The van der Waals surface area contributed by atoms with Crippen molar-refractivity contribution in [1.82, 2.24) is 35.6 Å². The van der Waals surface area contributed by atoms with Gasteiger partial charge in [0.25, 0.3) is 11.8 Å². The number of alkyl halides is 3. The number of halogens is 3. The first-order chi connectivity index (χ1) is 28.7. The molecule has 1 fully saturated rings. The molecule has 0 saturated carbocycles. The molecule has 2 amide bonds. The van der Waals surface area contributed by atoms with Crippen LogP contribution in [0.2, 0.25) is 0 Å². The van der Waals surface area contributed by atoms with E-state index in [4.69, 9.17) is 0 Å². The number of pyridine rings is 5. The van der Waals surface area contributed by atoms with Crippen LogP contribution in [0.15, 0.2) is 116 Å². The number of carbonyl (C=O) groups excluding carboxylic acids is 2. The van der Waals surface area contributed by atoms with Crippen molar-refractivity contribution in [2.75, 3.05) is 29.5 Å². The van der Waals surface area contributed by atoms with Crippen LogP contribution in [0, 0.1) is 13.8 Å². The summed E-state index contributed by atoms with van der Waals surface area (Å²) < 4.78 is 64.1. The molecule has 1 saturated heterocycles. The zero-order valence-corrected chi connectivity index (χ0v) is 33.4. The van der Waals surface area contributed by atoms with Gasteiger partial charge >= 0.3 is 6.18 Å². The van der Waals surface area contributed by atoms with Crippen LogP contribution in [-0.2, 0) is 29.1 Å². The zero-order chi connectivity index (χ0) is 42.4. The molecule has 7 aromatic rings. The van der Waals surface area contributed by atoms with Gasteiger partial charge in [-0.05, 0) is 91.2 Å². The number of hydrogen-bond donors (Lipinski definition) is 2. The molecule has 306 valence electrons. The van der Waals surface area contributed by atoms with Gasteiger partial charge in [0.15, 0.2) is 21.1 Å². The number of rotatable bonds is 8. The quantitative estimate of drug-likeness (QED) is 0.163. The van der Waals surface area contributed by atoms with Crippen molar-refractivity contribution in [3.63, 3.8) is 0 Å². The minimum absolute atomic E-state index is 0.0396. The van der Waals surface area contributed by atoms with E-state index in [1.165, 1.54) is 18.5 Å². The van der Waals surface area contributed by atoms with E-state index in [0.29, 0.717) is 70.0 Å². The number of carbonyl (C=O) groups is 2. The number of aromatic nitrogens is 5. The molecular weight excluding hydrogens is 794 g/mol. The van der Waals surface area contributed by atoms with Crippen molar-refractivity contribution in [1.29, 1.82) is 0 Å². The fraction of sp³-hybridized carbons (Fsp3) is 0.205. The number of sulfone groups is 1. The van der Waals surface area contributed by atoms with Crippen LogP contribution in [0.5, 0.6) is 0 Å². The van der Waals surface area contributed by atoms with Crippen LogP contribution in [0.1, 0.15) is 48.8 Å². The molecule has 0 bridgehead atoms. The lowest BCUT2D eigenvalue weighted by Gasteiger charge is -2.28. The van der Waals surface area contributed by atoms with Crippen LogP contribution >= 0.6 is 0 Å². The van der Waals surface area contributed by atoms with Gasteiger partial charge in [0.1, 0.15) is 0 Å². The molecule has 0 aliphatic carbocycles. The van der Waals surface area contributed by atoms with Gasteiger partial charge in [-0.25, -0.2) is 28.4 Å². The van der Waals surface area contributed by atoms with Gasteiger partial charge in [0.2, 0.25) is 0 Å². The van der Waals surface area contributed by atoms with Crippen LogP contribution in [0.3, 0.4) is 0 Å². The molecule has 0 radical (unpaired) electrons. The lowest BCUT2D eigenvalue weighted by atomic mass is 9.98. The average molecular weight is 833 g/mol. The predicted octanol–water partition coefficient (Wildman–Crippen LogP) is 7.05. The summed E-state index contributed by atoms with van der Waals surface area (Å²) in [5, 5.41) is 7.15. The third-order valence-corrected chi connectivity index (χ3v) is 11.6. The van der Waals surface area contributed by atoms with Crippen molar-refractivity contribution < 1.29 is 31.2 Å². The van der Waals surface area contributed by atoms with Gasteiger partial charge in [0, 0.05) is 73.0 Å². The smallest absolute Gasteiger partial charge is 0.369 e.